The molecule has 0 amide bonds. The summed E-state index contributed by atoms with van der Waals surface area (Å²) in [6.45, 7) is 1.59. The Morgan fingerprint density at radius 2 is 2.17 bits per heavy atom. The Hall–Kier alpha value is -0.800. The summed E-state index contributed by atoms with van der Waals surface area (Å²) in [5, 5.41) is 0. The molecule has 3 heteroatoms. The molecule has 0 spiro atoms. The highest BCUT2D eigenvalue weighted by Gasteiger charge is 2.15. The van der Waals surface area contributed by atoms with Gasteiger partial charge < -0.3 is 13.9 Å². The van der Waals surface area contributed by atoms with Gasteiger partial charge in [-0.15, -0.1) is 0 Å². The lowest BCUT2D eigenvalue weighted by Gasteiger charge is -2.22. The van der Waals surface area contributed by atoms with E-state index in [1.165, 1.54) is 0 Å². The van der Waals surface area contributed by atoms with Crippen LogP contribution in [0.3, 0.4) is 0 Å². The fourth-order valence-electron chi connectivity index (χ4n) is 1.25. The summed E-state index contributed by atoms with van der Waals surface area (Å²) in [6, 6.07) is 3.81. The van der Waals surface area contributed by atoms with Crippen LogP contribution < -0.4 is 0 Å². The van der Waals surface area contributed by atoms with Gasteiger partial charge in [-0.1, -0.05) is 0 Å². The standard InChI is InChI=1S/C9H12O3/c1-3-8(10-4-1)7-9-11-5-2-6-12-9/h1,3-4,9H,2,5-7H2. The molecule has 3 nitrogen and oxygen atoms in total. The lowest BCUT2D eigenvalue weighted by atomic mass is 10.3. The molecule has 0 atom stereocenters. The van der Waals surface area contributed by atoms with Crippen LogP contribution in [0.25, 0.3) is 0 Å². The van der Waals surface area contributed by atoms with Crippen LogP contribution in [0, 0.1) is 0 Å². The molecule has 1 fully saturated rings. The van der Waals surface area contributed by atoms with Crippen LogP contribution in [0.2, 0.25) is 0 Å². The maximum absolute atomic E-state index is 5.37. The molecule has 12 heavy (non-hydrogen) atoms. The highest BCUT2D eigenvalue weighted by atomic mass is 16.7. The molecule has 1 aromatic rings. The first-order valence-corrected chi connectivity index (χ1v) is 4.21. The zero-order chi connectivity index (χ0) is 8.23. The van der Waals surface area contributed by atoms with E-state index in [2.05, 4.69) is 0 Å². The average molecular weight is 168 g/mol. The number of ether oxygens (including phenoxy) is 2. The van der Waals surface area contributed by atoms with Gasteiger partial charge in [0.05, 0.1) is 25.9 Å². The van der Waals surface area contributed by atoms with Crippen LogP contribution in [-0.2, 0) is 15.9 Å². The molecule has 0 N–H and O–H groups in total. The highest BCUT2D eigenvalue weighted by Crippen LogP contribution is 2.11. The van der Waals surface area contributed by atoms with E-state index in [-0.39, 0.29) is 6.29 Å². The molecule has 1 saturated heterocycles. The Bertz CT molecular complexity index is 212. The molecule has 2 heterocycles. The summed E-state index contributed by atoms with van der Waals surface area (Å²) in [5.74, 6) is 0.918. The van der Waals surface area contributed by atoms with E-state index in [1.807, 2.05) is 12.1 Å². The molecule has 0 unspecified atom stereocenters. The van der Waals surface area contributed by atoms with Crippen LogP contribution in [-0.4, -0.2) is 19.5 Å². The van der Waals surface area contributed by atoms with Crippen LogP contribution in [0.5, 0.6) is 0 Å². The summed E-state index contributed by atoms with van der Waals surface area (Å²) in [7, 11) is 0. The van der Waals surface area contributed by atoms with E-state index in [1.54, 1.807) is 6.26 Å². The van der Waals surface area contributed by atoms with Crippen molar-refractivity contribution in [2.75, 3.05) is 13.2 Å². The van der Waals surface area contributed by atoms with E-state index in [9.17, 15) is 0 Å². The fraction of sp³-hybridized carbons (Fsp3) is 0.556. The molecule has 1 aliphatic rings. The molecular weight excluding hydrogens is 156 g/mol. The Labute approximate surface area is 71.3 Å². The quantitative estimate of drug-likeness (QED) is 0.672. The zero-order valence-corrected chi connectivity index (χ0v) is 6.86. The van der Waals surface area contributed by atoms with Gasteiger partial charge in [-0.25, -0.2) is 0 Å². The van der Waals surface area contributed by atoms with Gasteiger partial charge >= 0.3 is 0 Å². The minimum atomic E-state index is -0.107. The maximum atomic E-state index is 5.37. The average Bonchev–Trinajstić information content (AvgIpc) is 2.59. The van der Waals surface area contributed by atoms with Crippen LogP contribution in [0.4, 0.5) is 0 Å². The molecular formula is C9H12O3. The van der Waals surface area contributed by atoms with Gasteiger partial charge in [0, 0.05) is 0 Å². The minimum absolute atomic E-state index is 0.107. The van der Waals surface area contributed by atoms with Gasteiger partial charge in [0.2, 0.25) is 0 Å². The second-order valence-electron chi connectivity index (χ2n) is 2.81. The van der Waals surface area contributed by atoms with Crippen molar-refractivity contribution in [3.05, 3.63) is 24.2 Å². The van der Waals surface area contributed by atoms with Crippen LogP contribution >= 0.6 is 0 Å². The van der Waals surface area contributed by atoms with E-state index in [0.717, 1.165) is 25.4 Å². The van der Waals surface area contributed by atoms with Gasteiger partial charge in [0.15, 0.2) is 6.29 Å². The Morgan fingerprint density at radius 3 is 2.83 bits per heavy atom. The summed E-state index contributed by atoms with van der Waals surface area (Å²) in [4.78, 5) is 0. The Balaban J connectivity index is 1.86. The van der Waals surface area contributed by atoms with Crippen molar-refractivity contribution in [3.63, 3.8) is 0 Å². The number of hydrogen-bond donors (Lipinski definition) is 0. The summed E-state index contributed by atoms with van der Waals surface area (Å²) in [6.07, 6.45) is 3.27. The molecule has 0 saturated carbocycles. The first kappa shape index (κ1) is 7.83. The molecule has 0 bridgehead atoms. The van der Waals surface area contributed by atoms with Gasteiger partial charge in [-0.2, -0.15) is 0 Å². The zero-order valence-electron chi connectivity index (χ0n) is 6.86. The first-order valence-electron chi connectivity index (χ1n) is 4.21. The van der Waals surface area contributed by atoms with Crippen molar-refractivity contribution in [2.45, 2.75) is 19.1 Å². The third-order valence-electron chi connectivity index (χ3n) is 1.84. The van der Waals surface area contributed by atoms with Crippen molar-refractivity contribution >= 4 is 0 Å². The van der Waals surface area contributed by atoms with E-state index < -0.39 is 0 Å². The predicted molar refractivity (Wildman–Crippen MR) is 42.7 cm³/mol. The lowest BCUT2D eigenvalue weighted by molar-refractivity contribution is -0.178. The topological polar surface area (TPSA) is 31.6 Å². The second kappa shape index (κ2) is 3.74. The Kier molecular flexibility index (Phi) is 2.44. The normalized spacial score (nSPS) is 19.7. The van der Waals surface area contributed by atoms with E-state index >= 15 is 0 Å². The molecule has 1 aromatic heterocycles. The molecule has 0 aliphatic carbocycles. The molecule has 0 radical (unpaired) electrons. The number of hydrogen-bond acceptors (Lipinski definition) is 3. The minimum Gasteiger partial charge on any atom is -0.469 e. The maximum Gasteiger partial charge on any atom is 0.164 e. The van der Waals surface area contributed by atoms with Gasteiger partial charge in [-0.3, -0.25) is 0 Å². The van der Waals surface area contributed by atoms with Crippen LogP contribution in [0.15, 0.2) is 22.8 Å². The van der Waals surface area contributed by atoms with Gasteiger partial charge in [0.1, 0.15) is 5.76 Å². The van der Waals surface area contributed by atoms with Gasteiger partial charge in [0.25, 0.3) is 0 Å². The van der Waals surface area contributed by atoms with Crippen molar-refractivity contribution in [3.8, 4) is 0 Å². The van der Waals surface area contributed by atoms with Crippen molar-refractivity contribution in [2.24, 2.45) is 0 Å². The summed E-state index contributed by atoms with van der Waals surface area (Å²) < 4.78 is 15.9. The third kappa shape index (κ3) is 1.87. The first-order chi connectivity index (χ1) is 5.95. The smallest absolute Gasteiger partial charge is 0.164 e. The molecule has 2 rings (SSSR count). The number of furan rings is 1. The third-order valence-corrected chi connectivity index (χ3v) is 1.84. The van der Waals surface area contributed by atoms with Crippen molar-refractivity contribution in [1.29, 1.82) is 0 Å². The number of rotatable bonds is 2. The van der Waals surface area contributed by atoms with Crippen LogP contribution in [0.1, 0.15) is 12.2 Å². The van der Waals surface area contributed by atoms with E-state index in [0.29, 0.717) is 6.42 Å². The van der Waals surface area contributed by atoms with Gasteiger partial charge in [-0.05, 0) is 18.6 Å². The summed E-state index contributed by atoms with van der Waals surface area (Å²) in [5.41, 5.74) is 0. The molecule has 0 aromatic carbocycles. The highest BCUT2D eigenvalue weighted by molar-refractivity contribution is 4.98. The van der Waals surface area contributed by atoms with Crippen molar-refractivity contribution < 1.29 is 13.9 Å². The predicted octanol–water partition coefficient (Wildman–Crippen LogP) is 1.59. The van der Waals surface area contributed by atoms with Crippen molar-refractivity contribution in [1.82, 2.24) is 0 Å². The molecule has 66 valence electrons. The lowest BCUT2D eigenvalue weighted by Crippen LogP contribution is -2.26. The monoisotopic (exact) mass is 168 g/mol. The second-order valence-corrected chi connectivity index (χ2v) is 2.81. The molecule has 1 aliphatic heterocycles. The largest absolute Gasteiger partial charge is 0.469 e. The fourth-order valence-corrected chi connectivity index (χ4v) is 1.25. The SMILES string of the molecule is c1coc(CC2OCCCO2)c1. The van der Waals surface area contributed by atoms with E-state index in [4.69, 9.17) is 13.9 Å². The Morgan fingerprint density at radius 1 is 1.33 bits per heavy atom. The summed E-state index contributed by atoms with van der Waals surface area (Å²) >= 11 is 0.